The lowest BCUT2D eigenvalue weighted by atomic mass is 9.48. The Morgan fingerprint density at radius 2 is 0.913 bits per heavy atom. The molecule has 4 fully saturated rings. The Labute approximate surface area is 267 Å². The molecule has 9 heteroatoms. The van der Waals surface area contributed by atoms with Gasteiger partial charge in [0.15, 0.2) is 11.5 Å². The van der Waals surface area contributed by atoms with Crippen molar-refractivity contribution < 1.29 is 14.2 Å². The molecule has 228 valence electrons. The molecule has 9 nitrogen and oxygen atoms in total. The zero-order valence-corrected chi connectivity index (χ0v) is 25.1. The van der Waals surface area contributed by atoms with Crippen LogP contribution in [0.5, 0.6) is 34.5 Å². The fraction of sp³-hybridized carbons (Fsp3) is 0.270. The summed E-state index contributed by atoms with van der Waals surface area (Å²) in [7, 11) is 0. The van der Waals surface area contributed by atoms with Crippen LogP contribution in [-0.4, -0.2) is 0 Å². The second kappa shape index (κ2) is 11.3. The van der Waals surface area contributed by atoms with Crippen molar-refractivity contribution in [2.75, 3.05) is 17.2 Å². The Bertz CT molecular complexity index is 1960. The van der Waals surface area contributed by atoms with Gasteiger partial charge < -0.3 is 31.4 Å². The molecule has 0 unspecified atom stereocenters. The van der Waals surface area contributed by atoms with Crippen molar-refractivity contribution in [1.82, 2.24) is 0 Å². The van der Waals surface area contributed by atoms with Crippen LogP contribution in [-0.2, 0) is 5.41 Å². The Morgan fingerprint density at radius 3 is 1.35 bits per heavy atom. The molecule has 4 aromatic carbocycles. The first kappa shape index (κ1) is 28.9. The van der Waals surface area contributed by atoms with Crippen molar-refractivity contribution in [3.8, 4) is 52.7 Å². The Balaban J connectivity index is 1.46. The van der Waals surface area contributed by atoms with E-state index in [2.05, 4.69) is 18.2 Å². The van der Waals surface area contributed by atoms with Gasteiger partial charge in [0.05, 0.1) is 16.7 Å². The van der Waals surface area contributed by atoms with Crippen LogP contribution < -0.4 is 31.4 Å². The summed E-state index contributed by atoms with van der Waals surface area (Å²) in [6, 6.07) is 25.0. The molecule has 0 aliphatic heterocycles. The van der Waals surface area contributed by atoms with Crippen LogP contribution in [0.4, 0.5) is 17.1 Å². The van der Waals surface area contributed by atoms with Gasteiger partial charge in [-0.1, -0.05) is 6.07 Å². The van der Waals surface area contributed by atoms with Crippen molar-refractivity contribution in [2.24, 2.45) is 17.8 Å². The summed E-state index contributed by atoms with van der Waals surface area (Å²) in [5, 5.41) is 29.9. The summed E-state index contributed by atoms with van der Waals surface area (Å²) in [5.41, 5.74) is 20.8. The molecular weight excluding hydrogens is 576 g/mol. The minimum atomic E-state index is -0.153. The highest BCUT2D eigenvalue weighted by molar-refractivity contribution is 5.65. The molecule has 0 radical (unpaired) electrons. The number of ether oxygens (including phenoxy) is 3. The first-order chi connectivity index (χ1) is 22.3. The average molecular weight is 609 g/mol. The Hall–Kier alpha value is -5.85. The maximum Gasteiger partial charge on any atom is 0.212 e. The molecule has 4 bridgehead atoms. The highest BCUT2D eigenvalue weighted by atomic mass is 16.5. The minimum Gasteiger partial charge on any atom is -0.452 e. The molecule has 4 aliphatic carbocycles. The minimum absolute atomic E-state index is 0.153. The Morgan fingerprint density at radius 1 is 0.522 bits per heavy atom. The molecule has 6 N–H and O–H groups in total. The van der Waals surface area contributed by atoms with Crippen LogP contribution in [0.15, 0.2) is 66.7 Å². The lowest BCUT2D eigenvalue weighted by Gasteiger charge is -2.57. The molecule has 4 saturated carbocycles. The number of nitriles is 3. The van der Waals surface area contributed by atoms with Gasteiger partial charge in [0.2, 0.25) is 5.75 Å². The van der Waals surface area contributed by atoms with E-state index in [1.54, 1.807) is 54.6 Å². The maximum absolute atomic E-state index is 10.0. The fourth-order valence-corrected chi connectivity index (χ4v) is 8.19. The summed E-state index contributed by atoms with van der Waals surface area (Å²) in [4.78, 5) is 0. The number of hydrogen-bond donors (Lipinski definition) is 3. The first-order valence-electron chi connectivity index (χ1n) is 15.4. The van der Waals surface area contributed by atoms with E-state index in [0.29, 0.717) is 46.3 Å². The second-order valence-corrected chi connectivity index (χ2v) is 12.9. The summed E-state index contributed by atoms with van der Waals surface area (Å²) in [6.07, 6.45) is 6.85. The SMILES string of the molecule is N#Cc1cc(N)ccc1Oc1ccc(C23CC4CC(CC(C4)C2)C3)c(Oc2ccc(N)cc2C#N)c1Oc1ccc(N)cc1C#N. The van der Waals surface area contributed by atoms with E-state index in [1.807, 2.05) is 12.1 Å². The molecule has 0 amide bonds. The van der Waals surface area contributed by atoms with Crippen molar-refractivity contribution in [3.63, 3.8) is 0 Å². The highest BCUT2D eigenvalue weighted by Gasteiger charge is 2.53. The number of nitrogen functional groups attached to an aromatic ring is 3. The lowest BCUT2D eigenvalue weighted by Crippen LogP contribution is -2.48. The number of nitrogens with two attached hydrogens (primary N) is 3. The van der Waals surface area contributed by atoms with Gasteiger partial charge in [-0.2, -0.15) is 15.8 Å². The number of benzene rings is 4. The number of rotatable bonds is 7. The number of anilines is 3. The summed E-state index contributed by atoms with van der Waals surface area (Å²) in [5.74, 6) is 3.64. The Kier molecular flexibility index (Phi) is 7.07. The predicted molar refractivity (Wildman–Crippen MR) is 173 cm³/mol. The van der Waals surface area contributed by atoms with Gasteiger partial charge in [0.1, 0.15) is 35.5 Å². The van der Waals surface area contributed by atoms with Crippen LogP contribution >= 0.6 is 0 Å². The predicted octanol–water partition coefficient (Wildman–Crippen LogP) is 7.89. The summed E-state index contributed by atoms with van der Waals surface area (Å²) in [6.45, 7) is 0. The molecule has 8 rings (SSSR count). The van der Waals surface area contributed by atoms with E-state index in [4.69, 9.17) is 31.4 Å². The van der Waals surface area contributed by atoms with Crippen LogP contribution in [0.25, 0.3) is 0 Å². The van der Waals surface area contributed by atoms with E-state index in [1.165, 1.54) is 19.3 Å². The monoisotopic (exact) mass is 608 g/mol. The third-order valence-corrected chi connectivity index (χ3v) is 9.70. The lowest BCUT2D eigenvalue weighted by molar-refractivity contribution is -0.00611. The molecule has 4 aromatic rings. The standard InChI is InChI=1S/C37H32N6O3/c38-18-24-12-27(41)1-5-31(24)44-34-8-4-30(37-15-21-9-22(16-37)11-23(10-21)17-37)35(45-32-6-2-28(42)13-25(32)19-39)36(34)46-33-7-3-29(43)14-26(33)20-40/h1-8,12-14,21-23H,9-11,15-17,41-43H2. The van der Waals surface area contributed by atoms with Gasteiger partial charge >= 0.3 is 0 Å². The van der Waals surface area contributed by atoms with Crippen LogP contribution in [0, 0.1) is 51.7 Å². The van der Waals surface area contributed by atoms with E-state index in [0.717, 1.165) is 24.8 Å². The summed E-state index contributed by atoms with van der Waals surface area (Å²) >= 11 is 0. The quantitative estimate of drug-likeness (QED) is 0.176. The molecule has 0 spiro atoms. The smallest absolute Gasteiger partial charge is 0.212 e. The van der Waals surface area contributed by atoms with Gasteiger partial charge in [-0.3, -0.25) is 0 Å². The number of nitrogens with zero attached hydrogens (tertiary/aromatic N) is 3. The highest BCUT2D eigenvalue weighted by Crippen LogP contribution is 2.64. The van der Waals surface area contributed by atoms with E-state index < -0.39 is 0 Å². The molecular formula is C37H32N6O3. The third kappa shape index (κ3) is 5.15. The van der Waals surface area contributed by atoms with E-state index in [9.17, 15) is 15.8 Å². The molecule has 0 atom stereocenters. The van der Waals surface area contributed by atoms with Crippen molar-refractivity contribution in [1.29, 1.82) is 15.8 Å². The van der Waals surface area contributed by atoms with Gasteiger partial charge in [0.25, 0.3) is 0 Å². The third-order valence-electron chi connectivity index (χ3n) is 9.70. The van der Waals surface area contributed by atoms with Gasteiger partial charge in [-0.15, -0.1) is 0 Å². The second-order valence-electron chi connectivity index (χ2n) is 12.9. The molecule has 0 heterocycles. The van der Waals surface area contributed by atoms with Gasteiger partial charge in [-0.05, 0) is 122 Å². The van der Waals surface area contributed by atoms with Crippen LogP contribution in [0.3, 0.4) is 0 Å². The van der Waals surface area contributed by atoms with Crippen LogP contribution in [0.1, 0.15) is 60.8 Å². The zero-order chi connectivity index (χ0) is 32.0. The molecule has 4 aliphatic rings. The zero-order valence-electron chi connectivity index (χ0n) is 25.1. The molecule has 46 heavy (non-hydrogen) atoms. The van der Waals surface area contributed by atoms with Crippen molar-refractivity contribution in [3.05, 3.63) is 89.0 Å². The average Bonchev–Trinajstić information content (AvgIpc) is 3.03. The fourth-order valence-electron chi connectivity index (χ4n) is 8.19. The summed E-state index contributed by atoms with van der Waals surface area (Å²) < 4.78 is 19.8. The van der Waals surface area contributed by atoms with Gasteiger partial charge in [0, 0.05) is 22.6 Å². The largest absolute Gasteiger partial charge is 0.452 e. The van der Waals surface area contributed by atoms with Crippen molar-refractivity contribution >= 4 is 17.1 Å². The van der Waals surface area contributed by atoms with Gasteiger partial charge in [-0.25, -0.2) is 0 Å². The van der Waals surface area contributed by atoms with Crippen molar-refractivity contribution in [2.45, 2.75) is 43.9 Å². The maximum atomic E-state index is 10.0. The normalized spacial score (nSPS) is 22.3. The molecule has 0 saturated heterocycles. The first-order valence-corrected chi connectivity index (χ1v) is 15.4. The number of hydrogen-bond acceptors (Lipinski definition) is 9. The van der Waals surface area contributed by atoms with E-state index in [-0.39, 0.29) is 45.1 Å². The van der Waals surface area contributed by atoms with Crippen LogP contribution in [0.2, 0.25) is 0 Å². The topological polar surface area (TPSA) is 177 Å². The van der Waals surface area contributed by atoms with E-state index >= 15 is 0 Å². The molecule has 0 aromatic heterocycles.